The quantitative estimate of drug-likeness (QED) is 0.467. The molecule has 2 aliphatic carbocycles. The molecule has 1 aliphatic heterocycles. The number of alkyl halides is 1. The van der Waals surface area contributed by atoms with Gasteiger partial charge in [-0.15, -0.1) is 0 Å². The van der Waals surface area contributed by atoms with Crippen LogP contribution in [0.15, 0.2) is 28.7 Å². The lowest BCUT2D eigenvalue weighted by molar-refractivity contribution is -0.142. The van der Waals surface area contributed by atoms with Crippen molar-refractivity contribution in [2.45, 2.75) is 76.3 Å². The highest BCUT2D eigenvalue weighted by atomic mass is 19.1. The Kier molecular flexibility index (Phi) is 8.02. The maximum atomic E-state index is 13.8. The van der Waals surface area contributed by atoms with E-state index in [1.165, 1.54) is 12.5 Å². The molecule has 4 N–H and O–H groups in total. The summed E-state index contributed by atoms with van der Waals surface area (Å²) in [7, 11) is 0. The summed E-state index contributed by atoms with van der Waals surface area (Å²) in [5.74, 6) is -0.977. The van der Waals surface area contributed by atoms with Gasteiger partial charge < -0.3 is 25.5 Å². The molecule has 3 fully saturated rings. The number of benzene rings is 1. The fourth-order valence-electron chi connectivity index (χ4n) is 7.05. The second-order valence-electron chi connectivity index (χ2n) is 11.4. The number of anilines is 1. The predicted octanol–water partition coefficient (Wildman–Crippen LogP) is 4.97. The van der Waals surface area contributed by atoms with Crippen LogP contribution in [0.5, 0.6) is 0 Å². The topological polar surface area (TPSA) is 126 Å². The molecule has 2 heterocycles. The molecule has 206 valence electrons. The second kappa shape index (κ2) is 11.4. The lowest BCUT2D eigenvalue weighted by Crippen LogP contribution is -2.50. The first-order valence-corrected chi connectivity index (χ1v) is 14.1. The van der Waals surface area contributed by atoms with E-state index in [0.717, 1.165) is 44.9 Å². The monoisotopic (exact) mass is 527 g/mol. The molecule has 1 aromatic heterocycles. The lowest BCUT2D eigenvalue weighted by atomic mass is 9.76. The summed E-state index contributed by atoms with van der Waals surface area (Å²) in [6.45, 7) is 0.0354. The van der Waals surface area contributed by atoms with Gasteiger partial charge in [-0.3, -0.25) is 9.59 Å². The number of hydrogen-bond donors (Lipinski definition) is 3. The molecule has 2 amide bonds. The van der Waals surface area contributed by atoms with Gasteiger partial charge in [-0.2, -0.15) is 0 Å². The van der Waals surface area contributed by atoms with Gasteiger partial charge in [-0.1, -0.05) is 32.1 Å². The highest BCUT2D eigenvalue weighted by Crippen LogP contribution is 2.41. The smallest absolute Gasteiger partial charge is 0.371 e. The van der Waals surface area contributed by atoms with Crippen LogP contribution in [-0.4, -0.2) is 53.1 Å². The molecular weight excluding hydrogens is 489 g/mol. The van der Waals surface area contributed by atoms with Crippen molar-refractivity contribution >= 4 is 34.4 Å². The molecule has 0 radical (unpaired) electrons. The molecular formula is C29H38FN3O5. The van der Waals surface area contributed by atoms with Crippen LogP contribution in [0.1, 0.15) is 74.8 Å². The van der Waals surface area contributed by atoms with Gasteiger partial charge in [-0.25, -0.2) is 9.18 Å². The van der Waals surface area contributed by atoms with Gasteiger partial charge in [0, 0.05) is 29.6 Å². The normalized spacial score (nSPS) is 27.4. The average Bonchev–Trinajstić information content (AvgIpc) is 3.58. The van der Waals surface area contributed by atoms with Crippen molar-refractivity contribution in [3.05, 3.63) is 30.0 Å². The van der Waals surface area contributed by atoms with Gasteiger partial charge in [0.25, 0.3) is 0 Å². The van der Waals surface area contributed by atoms with Crippen LogP contribution >= 0.6 is 0 Å². The minimum absolute atomic E-state index is 0.0344. The molecule has 5 rings (SSSR count). The largest absolute Gasteiger partial charge is 0.475 e. The average molecular weight is 528 g/mol. The van der Waals surface area contributed by atoms with Crippen LogP contribution < -0.4 is 11.1 Å². The number of nitrogens with zero attached hydrogens (tertiary/aromatic N) is 1. The van der Waals surface area contributed by atoms with E-state index >= 15 is 0 Å². The zero-order valence-corrected chi connectivity index (χ0v) is 21.7. The van der Waals surface area contributed by atoms with E-state index in [1.807, 2.05) is 4.90 Å². The zero-order valence-electron chi connectivity index (χ0n) is 21.7. The van der Waals surface area contributed by atoms with E-state index in [1.54, 1.807) is 18.2 Å². The fourth-order valence-corrected chi connectivity index (χ4v) is 7.05. The number of hydrogen-bond acceptors (Lipinski definition) is 5. The number of likely N-dealkylation sites (tertiary alicyclic amines) is 1. The summed E-state index contributed by atoms with van der Waals surface area (Å²) >= 11 is 0. The van der Waals surface area contributed by atoms with E-state index < -0.39 is 24.7 Å². The van der Waals surface area contributed by atoms with Crippen molar-refractivity contribution in [3.63, 3.8) is 0 Å². The molecule has 0 bridgehead atoms. The van der Waals surface area contributed by atoms with Crippen molar-refractivity contribution in [3.8, 4) is 0 Å². The van der Waals surface area contributed by atoms with Crippen LogP contribution in [0, 0.1) is 23.7 Å². The standard InChI is InChI=1S/C29H38FN3O5/c30-16-23(31)18-6-8-19(9-7-18)28(35)33-13-12-22(17-4-2-1-3-5-17)26(33)27(34)32-21-10-11-24-20(14-21)15-25(38-24)29(36)37/h10-11,14-15,17-19,22-23,26H,1-9,12-13,16,31H2,(H,32,34)(H,36,37)/t18-,19-,22-,23?,26-/m0/s1. The molecule has 8 nitrogen and oxygen atoms in total. The molecule has 3 atom stereocenters. The molecule has 1 saturated heterocycles. The first kappa shape index (κ1) is 26.7. The van der Waals surface area contributed by atoms with E-state index in [-0.39, 0.29) is 35.3 Å². The summed E-state index contributed by atoms with van der Waals surface area (Å²) < 4.78 is 18.4. The Balaban J connectivity index is 1.34. The van der Waals surface area contributed by atoms with Crippen LogP contribution in [0.25, 0.3) is 11.0 Å². The first-order chi connectivity index (χ1) is 18.4. The minimum Gasteiger partial charge on any atom is -0.475 e. The molecule has 2 aromatic rings. The van der Waals surface area contributed by atoms with E-state index in [4.69, 9.17) is 10.2 Å². The highest BCUT2D eigenvalue weighted by Gasteiger charge is 2.47. The Labute approximate surface area is 222 Å². The number of carbonyl (C=O) groups is 3. The van der Waals surface area contributed by atoms with Gasteiger partial charge in [0.1, 0.15) is 18.3 Å². The molecule has 1 unspecified atom stereocenters. The lowest BCUT2D eigenvalue weighted by Gasteiger charge is -2.36. The molecule has 9 heteroatoms. The van der Waals surface area contributed by atoms with Crippen molar-refractivity contribution in [2.75, 3.05) is 18.5 Å². The van der Waals surface area contributed by atoms with Gasteiger partial charge in [0.2, 0.25) is 17.6 Å². The number of aromatic carboxylic acids is 1. The second-order valence-corrected chi connectivity index (χ2v) is 11.4. The number of halogens is 1. The van der Waals surface area contributed by atoms with E-state index in [2.05, 4.69) is 5.32 Å². The van der Waals surface area contributed by atoms with Gasteiger partial charge in [-0.05, 0) is 74.1 Å². The van der Waals surface area contributed by atoms with Gasteiger partial charge in [0.15, 0.2) is 0 Å². The Morgan fingerprint density at radius 2 is 1.79 bits per heavy atom. The molecule has 2 saturated carbocycles. The molecule has 1 aromatic carbocycles. The third-order valence-corrected chi connectivity index (χ3v) is 9.15. The van der Waals surface area contributed by atoms with Crippen molar-refractivity contribution < 1.29 is 28.3 Å². The summed E-state index contributed by atoms with van der Waals surface area (Å²) in [6, 6.07) is 5.48. The zero-order chi connectivity index (χ0) is 26.8. The number of carboxylic acid groups (broad SMARTS) is 1. The first-order valence-electron chi connectivity index (χ1n) is 14.1. The maximum absolute atomic E-state index is 13.8. The number of fused-ring (bicyclic) bond motifs is 1. The highest BCUT2D eigenvalue weighted by molar-refractivity contribution is 6.00. The third-order valence-electron chi connectivity index (χ3n) is 9.15. The minimum atomic E-state index is -1.15. The number of nitrogens with one attached hydrogen (secondary N) is 1. The third kappa shape index (κ3) is 5.44. The van der Waals surface area contributed by atoms with Crippen LogP contribution in [0.3, 0.4) is 0 Å². The van der Waals surface area contributed by atoms with Crippen molar-refractivity contribution in [2.24, 2.45) is 29.4 Å². The van der Waals surface area contributed by atoms with Crippen molar-refractivity contribution in [1.29, 1.82) is 0 Å². The number of furan rings is 1. The summed E-state index contributed by atoms with van der Waals surface area (Å²) in [4.78, 5) is 40.7. The number of carboxylic acids is 1. The molecule has 0 spiro atoms. The number of rotatable bonds is 7. The van der Waals surface area contributed by atoms with Crippen LogP contribution in [-0.2, 0) is 9.59 Å². The molecule has 3 aliphatic rings. The molecule has 38 heavy (non-hydrogen) atoms. The fraction of sp³-hybridized carbons (Fsp3) is 0.621. The number of amides is 2. The Morgan fingerprint density at radius 3 is 2.47 bits per heavy atom. The van der Waals surface area contributed by atoms with Crippen LogP contribution in [0.2, 0.25) is 0 Å². The van der Waals surface area contributed by atoms with Gasteiger partial charge >= 0.3 is 5.97 Å². The van der Waals surface area contributed by atoms with Crippen molar-refractivity contribution in [1.82, 2.24) is 4.90 Å². The SMILES string of the molecule is NC(CF)[C@H]1CC[C@H](C(=O)N2CC[C@@H](C3CCCCC3)[C@H]2C(=O)Nc2ccc3oc(C(=O)O)cc3c2)CC1. The predicted molar refractivity (Wildman–Crippen MR) is 141 cm³/mol. The van der Waals surface area contributed by atoms with Crippen LogP contribution in [0.4, 0.5) is 10.1 Å². The maximum Gasteiger partial charge on any atom is 0.371 e. The summed E-state index contributed by atoms with van der Waals surface area (Å²) in [6.07, 6.45) is 9.36. The summed E-state index contributed by atoms with van der Waals surface area (Å²) in [5, 5.41) is 12.8. The number of nitrogens with two attached hydrogens (primary N) is 1. The Bertz CT molecular complexity index is 1170. The summed E-state index contributed by atoms with van der Waals surface area (Å²) in [5.41, 5.74) is 6.90. The number of carbonyl (C=O) groups excluding carboxylic acids is 2. The Hall–Kier alpha value is -2.94. The van der Waals surface area contributed by atoms with Gasteiger partial charge in [0.05, 0.1) is 0 Å². The van der Waals surface area contributed by atoms with E-state index in [9.17, 15) is 23.9 Å². The Morgan fingerprint density at radius 1 is 1.05 bits per heavy atom. The van der Waals surface area contributed by atoms with E-state index in [0.29, 0.717) is 42.0 Å².